The van der Waals surface area contributed by atoms with Crippen LogP contribution in [0.5, 0.6) is 0 Å². The van der Waals surface area contributed by atoms with Crippen LogP contribution in [-0.4, -0.2) is 61.1 Å². The molecule has 6 heteroatoms. The lowest BCUT2D eigenvalue weighted by molar-refractivity contribution is 0.0282. The second-order valence-electron chi connectivity index (χ2n) is 6.19. The number of rotatable bonds is 4. The Morgan fingerprint density at radius 3 is 2.63 bits per heavy atom. The molecule has 0 saturated carbocycles. The first-order valence-electron chi connectivity index (χ1n) is 6.62. The van der Waals surface area contributed by atoms with Gasteiger partial charge in [-0.15, -0.1) is 0 Å². The van der Waals surface area contributed by atoms with Crippen molar-refractivity contribution in [2.75, 3.05) is 33.2 Å². The zero-order valence-electron chi connectivity index (χ0n) is 12.2. The van der Waals surface area contributed by atoms with Crippen molar-refractivity contribution in [3.8, 4) is 0 Å². The number of likely N-dealkylation sites (tertiary alicyclic amines) is 1. The van der Waals surface area contributed by atoms with Gasteiger partial charge in [-0.3, -0.25) is 0 Å². The molecular formula is C13H24F2N2O2. The van der Waals surface area contributed by atoms with Gasteiger partial charge in [0.25, 0.3) is 6.43 Å². The number of alkyl halides is 2. The topological polar surface area (TPSA) is 32.8 Å². The SMILES string of the molecule is CN(CC(F)F)C[C@@H]1CCN(C(=O)OC(C)(C)C)C1. The van der Waals surface area contributed by atoms with Gasteiger partial charge < -0.3 is 14.5 Å². The zero-order chi connectivity index (χ0) is 14.6. The average Bonchev–Trinajstić information content (AvgIpc) is 2.61. The molecule has 0 aliphatic carbocycles. The second-order valence-corrected chi connectivity index (χ2v) is 6.19. The van der Waals surface area contributed by atoms with E-state index >= 15 is 0 Å². The van der Waals surface area contributed by atoms with Crippen molar-refractivity contribution in [3.05, 3.63) is 0 Å². The van der Waals surface area contributed by atoms with E-state index in [0.717, 1.165) is 6.42 Å². The fraction of sp³-hybridized carbons (Fsp3) is 0.923. The molecule has 0 aromatic heterocycles. The van der Waals surface area contributed by atoms with Crippen molar-refractivity contribution >= 4 is 6.09 Å². The fourth-order valence-electron chi connectivity index (χ4n) is 2.22. The van der Waals surface area contributed by atoms with Crippen LogP contribution in [0.1, 0.15) is 27.2 Å². The third-order valence-corrected chi connectivity index (χ3v) is 2.96. The summed E-state index contributed by atoms with van der Waals surface area (Å²) in [6, 6.07) is 0. The van der Waals surface area contributed by atoms with E-state index in [1.54, 1.807) is 16.8 Å². The molecular weight excluding hydrogens is 254 g/mol. The number of amides is 1. The van der Waals surface area contributed by atoms with E-state index < -0.39 is 12.0 Å². The predicted octanol–water partition coefficient (Wildman–Crippen LogP) is 2.44. The Balaban J connectivity index is 2.35. The lowest BCUT2D eigenvalue weighted by atomic mass is 10.1. The summed E-state index contributed by atoms with van der Waals surface area (Å²) in [5.74, 6) is 0.247. The van der Waals surface area contributed by atoms with Gasteiger partial charge in [0.15, 0.2) is 0 Å². The Hall–Kier alpha value is -0.910. The quantitative estimate of drug-likeness (QED) is 0.792. The molecule has 0 N–H and O–H groups in total. The summed E-state index contributed by atoms with van der Waals surface area (Å²) in [5.41, 5.74) is -0.498. The molecule has 1 fully saturated rings. The van der Waals surface area contributed by atoms with Gasteiger partial charge in [-0.1, -0.05) is 0 Å². The first kappa shape index (κ1) is 16.1. The van der Waals surface area contributed by atoms with E-state index in [-0.39, 0.29) is 18.6 Å². The van der Waals surface area contributed by atoms with Crippen molar-refractivity contribution in [1.82, 2.24) is 9.80 Å². The molecule has 1 rings (SSSR count). The first-order chi connectivity index (χ1) is 8.67. The number of hydrogen-bond donors (Lipinski definition) is 0. The number of carbonyl (C=O) groups excluding carboxylic acids is 1. The molecule has 19 heavy (non-hydrogen) atoms. The van der Waals surface area contributed by atoms with E-state index in [2.05, 4.69) is 0 Å². The molecule has 1 aliphatic rings. The molecule has 0 radical (unpaired) electrons. The molecule has 112 valence electrons. The van der Waals surface area contributed by atoms with Crippen molar-refractivity contribution in [2.45, 2.75) is 39.2 Å². The summed E-state index contributed by atoms with van der Waals surface area (Å²) < 4.78 is 29.7. The largest absolute Gasteiger partial charge is 0.444 e. The van der Waals surface area contributed by atoms with E-state index in [1.165, 1.54) is 0 Å². The monoisotopic (exact) mass is 278 g/mol. The summed E-state index contributed by atoms with van der Waals surface area (Å²) in [4.78, 5) is 15.1. The Morgan fingerprint density at radius 2 is 2.11 bits per heavy atom. The molecule has 0 aromatic carbocycles. The van der Waals surface area contributed by atoms with E-state index in [4.69, 9.17) is 4.74 Å². The van der Waals surface area contributed by atoms with Crippen molar-refractivity contribution in [2.24, 2.45) is 5.92 Å². The van der Waals surface area contributed by atoms with Crippen LogP contribution in [-0.2, 0) is 4.74 Å². The highest BCUT2D eigenvalue weighted by atomic mass is 19.3. The summed E-state index contributed by atoms with van der Waals surface area (Å²) in [6.07, 6.45) is -1.79. The summed E-state index contributed by atoms with van der Waals surface area (Å²) in [5, 5.41) is 0. The second kappa shape index (κ2) is 6.50. The number of nitrogens with zero attached hydrogens (tertiary/aromatic N) is 2. The van der Waals surface area contributed by atoms with Crippen LogP contribution >= 0.6 is 0 Å². The summed E-state index contributed by atoms with van der Waals surface area (Å²) in [7, 11) is 1.68. The molecule has 0 unspecified atom stereocenters. The van der Waals surface area contributed by atoms with Gasteiger partial charge in [0.05, 0.1) is 6.54 Å². The van der Waals surface area contributed by atoms with Crippen molar-refractivity contribution < 1.29 is 18.3 Å². The van der Waals surface area contributed by atoms with Gasteiger partial charge in [-0.2, -0.15) is 0 Å². The molecule has 0 bridgehead atoms. The van der Waals surface area contributed by atoms with Crippen molar-refractivity contribution in [1.29, 1.82) is 0 Å². The molecule has 1 aliphatic heterocycles. The Kier molecular flexibility index (Phi) is 5.52. The molecule has 0 aromatic rings. The maximum absolute atomic E-state index is 12.2. The highest BCUT2D eigenvalue weighted by Crippen LogP contribution is 2.20. The Morgan fingerprint density at radius 1 is 1.47 bits per heavy atom. The van der Waals surface area contributed by atoms with E-state index in [1.807, 2.05) is 20.8 Å². The smallest absolute Gasteiger partial charge is 0.410 e. The summed E-state index contributed by atoms with van der Waals surface area (Å²) in [6.45, 7) is 7.08. The molecule has 1 heterocycles. The molecule has 0 spiro atoms. The highest BCUT2D eigenvalue weighted by Gasteiger charge is 2.30. The minimum Gasteiger partial charge on any atom is -0.444 e. The third-order valence-electron chi connectivity index (χ3n) is 2.96. The highest BCUT2D eigenvalue weighted by molar-refractivity contribution is 5.68. The van der Waals surface area contributed by atoms with Crippen LogP contribution in [0.3, 0.4) is 0 Å². The minimum absolute atomic E-state index is 0.219. The van der Waals surface area contributed by atoms with Crippen LogP contribution in [0.25, 0.3) is 0 Å². The minimum atomic E-state index is -2.31. The molecule has 1 amide bonds. The normalized spacial score (nSPS) is 20.4. The van der Waals surface area contributed by atoms with Gasteiger partial charge in [-0.25, -0.2) is 13.6 Å². The van der Waals surface area contributed by atoms with Gasteiger partial charge in [0.1, 0.15) is 5.60 Å². The summed E-state index contributed by atoms with van der Waals surface area (Å²) >= 11 is 0. The molecule has 1 atom stereocenters. The van der Waals surface area contributed by atoms with Crippen LogP contribution in [0, 0.1) is 5.92 Å². The standard InChI is InChI=1S/C13H24F2N2O2/c1-13(2,3)19-12(18)17-6-5-10(8-17)7-16(4)9-11(14)15/h10-11H,5-9H2,1-4H3/t10-/m0/s1. The van der Waals surface area contributed by atoms with Crippen LogP contribution in [0.4, 0.5) is 13.6 Å². The average molecular weight is 278 g/mol. The lowest BCUT2D eigenvalue weighted by Gasteiger charge is -2.25. The maximum Gasteiger partial charge on any atom is 0.410 e. The van der Waals surface area contributed by atoms with E-state index in [9.17, 15) is 13.6 Å². The third kappa shape index (κ3) is 6.18. The zero-order valence-corrected chi connectivity index (χ0v) is 12.2. The lowest BCUT2D eigenvalue weighted by Crippen LogP contribution is -2.36. The Labute approximate surface area is 113 Å². The van der Waals surface area contributed by atoms with Gasteiger partial charge in [0, 0.05) is 19.6 Å². The van der Waals surface area contributed by atoms with E-state index in [0.29, 0.717) is 19.6 Å². The molecule has 1 saturated heterocycles. The Bertz CT molecular complexity index is 306. The predicted molar refractivity (Wildman–Crippen MR) is 69.4 cm³/mol. The number of ether oxygens (including phenoxy) is 1. The maximum atomic E-state index is 12.2. The van der Waals surface area contributed by atoms with Gasteiger partial charge >= 0.3 is 6.09 Å². The molecule has 4 nitrogen and oxygen atoms in total. The number of hydrogen-bond acceptors (Lipinski definition) is 3. The fourth-order valence-corrected chi connectivity index (χ4v) is 2.22. The van der Waals surface area contributed by atoms with Crippen molar-refractivity contribution in [3.63, 3.8) is 0 Å². The van der Waals surface area contributed by atoms with Gasteiger partial charge in [0.2, 0.25) is 0 Å². The van der Waals surface area contributed by atoms with Crippen LogP contribution < -0.4 is 0 Å². The van der Waals surface area contributed by atoms with Gasteiger partial charge in [-0.05, 0) is 40.2 Å². The number of carbonyl (C=O) groups is 1. The first-order valence-corrected chi connectivity index (χ1v) is 6.62. The van der Waals surface area contributed by atoms with Crippen LogP contribution in [0.15, 0.2) is 0 Å². The van der Waals surface area contributed by atoms with Crippen LogP contribution in [0.2, 0.25) is 0 Å². The number of halogens is 2.